The van der Waals surface area contributed by atoms with E-state index in [1.54, 1.807) is 11.9 Å². The Hall–Kier alpha value is -0.810. The predicted octanol–water partition coefficient (Wildman–Crippen LogP) is 0.472. The minimum absolute atomic E-state index is 0. The van der Waals surface area contributed by atoms with E-state index in [0.717, 1.165) is 25.9 Å². The molecule has 19 heavy (non-hydrogen) atoms. The normalized spacial score (nSPS) is 29.1. The van der Waals surface area contributed by atoms with Crippen molar-refractivity contribution in [3.05, 3.63) is 0 Å². The van der Waals surface area contributed by atoms with Crippen molar-refractivity contribution >= 4 is 24.2 Å². The smallest absolute Gasteiger partial charge is 0.228 e. The average molecular weight is 290 g/mol. The van der Waals surface area contributed by atoms with E-state index in [4.69, 9.17) is 5.73 Å². The van der Waals surface area contributed by atoms with Gasteiger partial charge in [-0.3, -0.25) is 9.59 Å². The van der Waals surface area contributed by atoms with Crippen LogP contribution in [-0.4, -0.2) is 54.3 Å². The maximum absolute atomic E-state index is 12.4. The summed E-state index contributed by atoms with van der Waals surface area (Å²) in [6.45, 7) is 4.14. The van der Waals surface area contributed by atoms with Gasteiger partial charge >= 0.3 is 0 Å². The Balaban J connectivity index is 0.00000180. The van der Waals surface area contributed by atoms with E-state index < -0.39 is 0 Å². The fourth-order valence-electron chi connectivity index (χ4n) is 2.93. The summed E-state index contributed by atoms with van der Waals surface area (Å²) in [6, 6.07) is 0.133. The van der Waals surface area contributed by atoms with Crippen LogP contribution in [0.5, 0.6) is 0 Å². The third kappa shape index (κ3) is 3.60. The van der Waals surface area contributed by atoms with Crippen LogP contribution >= 0.6 is 12.4 Å². The summed E-state index contributed by atoms with van der Waals surface area (Å²) in [6.07, 6.45) is 2.49. The Morgan fingerprint density at radius 3 is 2.63 bits per heavy atom. The van der Waals surface area contributed by atoms with Crippen LogP contribution in [0.4, 0.5) is 0 Å². The Morgan fingerprint density at radius 1 is 1.42 bits per heavy atom. The van der Waals surface area contributed by atoms with Gasteiger partial charge in [-0.25, -0.2) is 0 Å². The van der Waals surface area contributed by atoms with Crippen LogP contribution in [0.3, 0.4) is 0 Å². The maximum atomic E-state index is 12.4. The quantitative estimate of drug-likeness (QED) is 0.804. The lowest BCUT2D eigenvalue weighted by atomic mass is 9.91. The van der Waals surface area contributed by atoms with Gasteiger partial charge in [0.2, 0.25) is 11.8 Å². The standard InChI is InChI=1S/C13H23N3O2.ClH/c1-9(14)10-4-3-5-16(8-10)13(18)11-6-12(17)15(2)7-11;/h9-11H,3-8,14H2,1-2H3;1H. The van der Waals surface area contributed by atoms with E-state index in [2.05, 4.69) is 0 Å². The van der Waals surface area contributed by atoms with Crippen LogP contribution in [0.15, 0.2) is 0 Å². The van der Waals surface area contributed by atoms with Crippen LogP contribution in [0.1, 0.15) is 26.2 Å². The number of nitrogens with two attached hydrogens (primary N) is 1. The van der Waals surface area contributed by atoms with Crippen molar-refractivity contribution in [1.29, 1.82) is 0 Å². The molecule has 2 rings (SSSR count). The van der Waals surface area contributed by atoms with E-state index in [9.17, 15) is 9.59 Å². The number of carbonyl (C=O) groups is 2. The Bertz CT molecular complexity index is 349. The fourth-order valence-corrected chi connectivity index (χ4v) is 2.93. The lowest BCUT2D eigenvalue weighted by Gasteiger charge is -2.35. The fraction of sp³-hybridized carbons (Fsp3) is 0.846. The molecule has 2 saturated heterocycles. The van der Waals surface area contributed by atoms with Crippen LogP contribution in [0.2, 0.25) is 0 Å². The second-order valence-electron chi connectivity index (χ2n) is 5.72. The number of rotatable bonds is 2. The van der Waals surface area contributed by atoms with Gasteiger partial charge in [-0.2, -0.15) is 0 Å². The van der Waals surface area contributed by atoms with Gasteiger partial charge in [0.25, 0.3) is 0 Å². The first kappa shape index (κ1) is 16.2. The first-order chi connectivity index (χ1) is 8.49. The molecule has 6 heteroatoms. The Kier molecular flexibility index (Phi) is 5.62. The summed E-state index contributed by atoms with van der Waals surface area (Å²) in [5.41, 5.74) is 5.93. The number of hydrogen-bond donors (Lipinski definition) is 1. The van der Waals surface area contributed by atoms with E-state index in [1.807, 2.05) is 11.8 Å². The molecule has 2 amide bonds. The van der Waals surface area contributed by atoms with Gasteiger partial charge in [-0.15, -0.1) is 12.4 Å². The van der Waals surface area contributed by atoms with Crippen LogP contribution in [-0.2, 0) is 9.59 Å². The summed E-state index contributed by atoms with van der Waals surface area (Å²) in [7, 11) is 1.76. The van der Waals surface area contributed by atoms with Crippen molar-refractivity contribution in [1.82, 2.24) is 9.80 Å². The molecule has 2 heterocycles. The summed E-state index contributed by atoms with van der Waals surface area (Å²) >= 11 is 0. The molecule has 3 unspecified atom stereocenters. The van der Waals surface area contributed by atoms with E-state index in [-0.39, 0.29) is 36.2 Å². The van der Waals surface area contributed by atoms with Crippen LogP contribution < -0.4 is 5.73 Å². The first-order valence-electron chi connectivity index (χ1n) is 6.77. The SMILES string of the molecule is CC(N)C1CCCN(C(=O)C2CC(=O)N(C)C2)C1.Cl. The third-order valence-electron chi connectivity index (χ3n) is 4.20. The van der Waals surface area contributed by atoms with Gasteiger partial charge in [0.15, 0.2) is 0 Å². The molecule has 0 aliphatic carbocycles. The first-order valence-corrected chi connectivity index (χ1v) is 6.77. The van der Waals surface area contributed by atoms with Crippen molar-refractivity contribution in [2.75, 3.05) is 26.7 Å². The Morgan fingerprint density at radius 2 is 2.11 bits per heavy atom. The number of carbonyl (C=O) groups excluding carboxylic acids is 2. The van der Waals surface area contributed by atoms with Gasteiger partial charge in [-0.1, -0.05) is 0 Å². The molecule has 0 aromatic rings. The minimum Gasteiger partial charge on any atom is -0.345 e. The number of amides is 2. The number of halogens is 1. The zero-order chi connectivity index (χ0) is 13.3. The number of hydrogen-bond acceptors (Lipinski definition) is 3. The molecule has 2 aliphatic rings. The summed E-state index contributed by atoms with van der Waals surface area (Å²) in [5, 5.41) is 0. The molecule has 3 atom stereocenters. The number of nitrogens with zero attached hydrogens (tertiary/aromatic N) is 2. The molecular weight excluding hydrogens is 266 g/mol. The van der Waals surface area contributed by atoms with Crippen molar-refractivity contribution in [2.45, 2.75) is 32.2 Å². The highest BCUT2D eigenvalue weighted by atomic mass is 35.5. The Labute approximate surface area is 120 Å². The summed E-state index contributed by atoms with van der Waals surface area (Å²) in [5.74, 6) is 0.471. The number of likely N-dealkylation sites (tertiary alicyclic amines) is 2. The topological polar surface area (TPSA) is 66.6 Å². The predicted molar refractivity (Wildman–Crippen MR) is 75.9 cm³/mol. The molecule has 0 spiro atoms. The largest absolute Gasteiger partial charge is 0.345 e. The summed E-state index contributed by atoms with van der Waals surface area (Å²) < 4.78 is 0. The van der Waals surface area contributed by atoms with Crippen LogP contribution in [0, 0.1) is 11.8 Å². The molecule has 2 aliphatic heterocycles. The van der Waals surface area contributed by atoms with E-state index in [0.29, 0.717) is 18.9 Å². The number of piperidine rings is 1. The molecule has 0 saturated carbocycles. The van der Waals surface area contributed by atoms with Crippen molar-refractivity contribution in [3.8, 4) is 0 Å². The highest BCUT2D eigenvalue weighted by Gasteiger charge is 2.36. The molecule has 0 aromatic carbocycles. The molecule has 5 nitrogen and oxygen atoms in total. The molecule has 0 radical (unpaired) electrons. The highest BCUT2D eigenvalue weighted by molar-refractivity contribution is 5.89. The maximum Gasteiger partial charge on any atom is 0.228 e. The molecule has 0 bridgehead atoms. The minimum atomic E-state index is -0.144. The van der Waals surface area contributed by atoms with Gasteiger partial charge < -0.3 is 15.5 Å². The third-order valence-corrected chi connectivity index (χ3v) is 4.20. The van der Waals surface area contributed by atoms with E-state index >= 15 is 0 Å². The highest BCUT2D eigenvalue weighted by Crippen LogP contribution is 2.24. The van der Waals surface area contributed by atoms with E-state index in [1.165, 1.54) is 0 Å². The zero-order valence-electron chi connectivity index (χ0n) is 11.7. The van der Waals surface area contributed by atoms with Crippen molar-refractivity contribution < 1.29 is 9.59 Å². The molecular formula is C13H24ClN3O2. The second-order valence-corrected chi connectivity index (χ2v) is 5.72. The van der Waals surface area contributed by atoms with Gasteiger partial charge in [0, 0.05) is 39.1 Å². The lowest BCUT2D eigenvalue weighted by molar-refractivity contribution is -0.137. The molecule has 2 fully saturated rings. The van der Waals surface area contributed by atoms with Crippen molar-refractivity contribution in [2.24, 2.45) is 17.6 Å². The van der Waals surface area contributed by atoms with Crippen LogP contribution in [0.25, 0.3) is 0 Å². The molecule has 110 valence electrons. The lowest BCUT2D eigenvalue weighted by Crippen LogP contribution is -2.47. The van der Waals surface area contributed by atoms with Gasteiger partial charge in [-0.05, 0) is 25.7 Å². The molecule has 0 aromatic heterocycles. The van der Waals surface area contributed by atoms with Crippen molar-refractivity contribution in [3.63, 3.8) is 0 Å². The second kappa shape index (κ2) is 6.57. The summed E-state index contributed by atoms with van der Waals surface area (Å²) in [4.78, 5) is 27.4. The zero-order valence-corrected chi connectivity index (χ0v) is 12.5. The van der Waals surface area contributed by atoms with Gasteiger partial charge in [0.05, 0.1) is 5.92 Å². The van der Waals surface area contributed by atoms with Gasteiger partial charge in [0.1, 0.15) is 0 Å². The average Bonchev–Trinajstić information content (AvgIpc) is 2.69. The monoisotopic (exact) mass is 289 g/mol. The molecule has 2 N–H and O–H groups in total.